The molecule has 5 heteroatoms. The lowest BCUT2D eigenvalue weighted by atomic mass is 9.82. The second-order valence-electron chi connectivity index (χ2n) is 16.8. The lowest BCUT2D eigenvalue weighted by Gasteiger charge is -2.31. The fourth-order valence-electron chi connectivity index (χ4n) is 7.75. The van der Waals surface area contributed by atoms with Gasteiger partial charge in [-0.3, -0.25) is 0 Å². The zero-order chi connectivity index (χ0) is 38.4. The summed E-state index contributed by atoms with van der Waals surface area (Å²) in [5.41, 5.74) is 2.76. The van der Waals surface area contributed by atoms with E-state index in [1.807, 2.05) is 0 Å². The smallest absolute Gasteiger partial charge is 0.0110 e. The second-order valence-corrected chi connectivity index (χ2v) is 16.8. The average molecular weight is 728 g/mol. The van der Waals surface area contributed by atoms with Crippen LogP contribution in [-0.4, -0.2) is 124 Å². The maximum Gasteiger partial charge on any atom is 0.0110 e. The maximum absolute atomic E-state index is 2.52. The number of piperidine rings is 3. The van der Waals surface area contributed by atoms with Gasteiger partial charge in [0, 0.05) is 26.2 Å². The van der Waals surface area contributed by atoms with Crippen molar-refractivity contribution in [1.29, 1.82) is 0 Å². The third-order valence-corrected chi connectivity index (χ3v) is 12.5. The molecule has 5 nitrogen and oxygen atoms in total. The predicted octanol–water partition coefficient (Wildman–Crippen LogP) is 10.8. The van der Waals surface area contributed by atoms with Crippen LogP contribution in [0.5, 0.6) is 0 Å². The van der Waals surface area contributed by atoms with Gasteiger partial charge in [0.1, 0.15) is 0 Å². The summed E-state index contributed by atoms with van der Waals surface area (Å²) in [4.78, 5) is 12.3. The van der Waals surface area contributed by atoms with Crippen molar-refractivity contribution in [2.75, 3.05) is 99.2 Å². The average Bonchev–Trinajstić information content (AvgIpc) is 3.21. The molecule has 1 saturated carbocycles. The molecule has 4 saturated heterocycles. The van der Waals surface area contributed by atoms with Crippen LogP contribution in [0.4, 0.5) is 0 Å². The summed E-state index contributed by atoms with van der Waals surface area (Å²) in [5.74, 6) is 3.12. The van der Waals surface area contributed by atoms with Gasteiger partial charge in [0.2, 0.25) is 0 Å². The van der Waals surface area contributed by atoms with Gasteiger partial charge >= 0.3 is 0 Å². The lowest BCUT2D eigenvalue weighted by Crippen LogP contribution is -2.44. The van der Waals surface area contributed by atoms with E-state index >= 15 is 0 Å². The van der Waals surface area contributed by atoms with Crippen LogP contribution in [0.2, 0.25) is 0 Å². The van der Waals surface area contributed by atoms with E-state index in [9.17, 15) is 0 Å². The Morgan fingerprint density at radius 1 is 0.462 bits per heavy atom. The number of piperazine rings is 1. The maximum atomic E-state index is 2.52. The zero-order valence-corrected chi connectivity index (χ0v) is 37.1. The van der Waals surface area contributed by atoms with E-state index in [4.69, 9.17) is 0 Å². The number of hydrogen-bond acceptors (Lipinski definition) is 5. The summed E-state index contributed by atoms with van der Waals surface area (Å²) < 4.78 is 0. The van der Waals surface area contributed by atoms with Crippen LogP contribution >= 0.6 is 0 Å². The first-order valence-electron chi connectivity index (χ1n) is 22.8. The highest BCUT2D eigenvalue weighted by Crippen LogP contribution is 2.29. The first-order chi connectivity index (χ1) is 25.2. The summed E-state index contributed by atoms with van der Waals surface area (Å²) in [6, 6.07) is 8.66. The molecule has 0 N–H and O–H groups in total. The van der Waals surface area contributed by atoms with E-state index in [0.29, 0.717) is 0 Å². The minimum Gasteiger partial charge on any atom is -0.306 e. The van der Waals surface area contributed by atoms with Crippen LogP contribution in [0.15, 0.2) is 24.3 Å². The Balaban J connectivity index is 0.000000312. The number of nitrogens with zero attached hydrogens (tertiary/aromatic N) is 5. The van der Waals surface area contributed by atoms with E-state index in [1.54, 1.807) is 0 Å². The largest absolute Gasteiger partial charge is 0.306 e. The molecule has 1 aliphatic carbocycles. The molecule has 4 aliphatic heterocycles. The number of benzene rings is 1. The van der Waals surface area contributed by atoms with E-state index in [-0.39, 0.29) is 0 Å². The Bertz CT molecular complexity index is 799. The van der Waals surface area contributed by atoms with Crippen LogP contribution < -0.4 is 0 Å². The topological polar surface area (TPSA) is 16.2 Å². The summed E-state index contributed by atoms with van der Waals surface area (Å²) >= 11 is 0. The van der Waals surface area contributed by atoms with Gasteiger partial charge in [-0.1, -0.05) is 130 Å². The van der Waals surface area contributed by atoms with Crippen molar-refractivity contribution >= 4 is 0 Å². The van der Waals surface area contributed by atoms with Gasteiger partial charge in [0.05, 0.1) is 0 Å². The van der Waals surface area contributed by atoms with Gasteiger partial charge in [-0.15, -0.1) is 0 Å². The van der Waals surface area contributed by atoms with E-state index in [2.05, 4.69) is 118 Å². The van der Waals surface area contributed by atoms with Crippen LogP contribution in [0.3, 0.4) is 0 Å². The van der Waals surface area contributed by atoms with Gasteiger partial charge in [-0.25, -0.2) is 0 Å². The molecule has 0 bridgehead atoms. The number of likely N-dealkylation sites (N-methyl/N-ethyl adjacent to an activating group) is 2. The molecule has 306 valence electrons. The van der Waals surface area contributed by atoms with Gasteiger partial charge < -0.3 is 24.5 Å². The molecule has 1 aromatic carbocycles. The Kier molecular flexibility index (Phi) is 30.4. The van der Waals surface area contributed by atoms with Crippen LogP contribution in [0.1, 0.15) is 149 Å². The molecule has 4 heterocycles. The fourth-order valence-corrected chi connectivity index (χ4v) is 7.75. The Hall–Kier alpha value is -0.980. The van der Waals surface area contributed by atoms with Gasteiger partial charge in [0.25, 0.3) is 0 Å². The van der Waals surface area contributed by atoms with Crippen molar-refractivity contribution < 1.29 is 0 Å². The Morgan fingerprint density at radius 2 is 0.846 bits per heavy atom. The highest BCUT2D eigenvalue weighted by atomic mass is 15.2. The molecule has 0 radical (unpaired) electrons. The molecule has 1 aromatic rings. The van der Waals surface area contributed by atoms with Crippen molar-refractivity contribution in [3.8, 4) is 0 Å². The third-order valence-electron chi connectivity index (χ3n) is 12.5. The molecule has 5 aliphatic rings. The Morgan fingerprint density at radius 3 is 1.21 bits per heavy atom. The second kappa shape index (κ2) is 32.3. The van der Waals surface area contributed by atoms with Crippen molar-refractivity contribution in [1.82, 2.24) is 24.5 Å². The SMILES string of the molecule is CCC1CCC(C)CC1.CCC1CCN(C)CC1.CCN1CCCCC1.CCN1CCCCC1.CCN1CCN(C)CC1.CCc1ccc(C)cc1. The minimum atomic E-state index is 1.02. The van der Waals surface area contributed by atoms with E-state index in [1.165, 1.54) is 186 Å². The van der Waals surface area contributed by atoms with Crippen LogP contribution in [-0.2, 0) is 6.42 Å². The fraction of sp³-hybridized carbons (Fsp3) is 0.872. The molecule has 5 fully saturated rings. The molecule has 0 amide bonds. The zero-order valence-electron chi connectivity index (χ0n) is 37.1. The number of likely N-dealkylation sites (tertiary alicyclic amines) is 3. The third kappa shape index (κ3) is 25.2. The van der Waals surface area contributed by atoms with Crippen molar-refractivity contribution in [2.45, 2.75) is 152 Å². The summed E-state index contributed by atoms with van der Waals surface area (Å²) in [6.45, 7) is 34.7. The molecular formula is C47H93N5. The molecule has 52 heavy (non-hydrogen) atoms. The van der Waals surface area contributed by atoms with Crippen molar-refractivity contribution in [2.24, 2.45) is 17.8 Å². The molecule has 0 aromatic heterocycles. The molecule has 0 spiro atoms. The highest BCUT2D eigenvalue weighted by molar-refractivity contribution is 5.20. The molecule has 0 unspecified atom stereocenters. The molecule has 6 rings (SSSR count). The number of rotatable bonds is 6. The van der Waals surface area contributed by atoms with E-state index in [0.717, 1.165) is 24.2 Å². The minimum absolute atomic E-state index is 1.02. The van der Waals surface area contributed by atoms with Crippen molar-refractivity contribution in [3.63, 3.8) is 0 Å². The van der Waals surface area contributed by atoms with Crippen LogP contribution in [0, 0.1) is 24.7 Å². The monoisotopic (exact) mass is 728 g/mol. The molecular weight excluding hydrogens is 635 g/mol. The van der Waals surface area contributed by atoms with Gasteiger partial charge in [-0.05, 0) is 148 Å². The van der Waals surface area contributed by atoms with Crippen LogP contribution in [0.25, 0.3) is 0 Å². The van der Waals surface area contributed by atoms with E-state index < -0.39 is 0 Å². The normalized spacial score (nSPS) is 23.8. The Labute approximate surface area is 327 Å². The quantitative estimate of drug-likeness (QED) is 0.289. The van der Waals surface area contributed by atoms with Gasteiger partial charge in [-0.2, -0.15) is 0 Å². The molecule has 0 atom stereocenters. The van der Waals surface area contributed by atoms with Gasteiger partial charge in [0.15, 0.2) is 0 Å². The summed E-state index contributed by atoms with van der Waals surface area (Å²) in [6.07, 6.45) is 21.4. The first kappa shape index (κ1) is 49.0. The lowest BCUT2D eigenvalue weighted by molar-refractivity contribution is 0.160. The van der Waals surface area contributed by atoms with Crippen molar-refractivity contribution in [3.05, 3.63) is 35.4 Å². The first-order valence-corrected chi connectivity index (χ1v) is 22.8. The summed E-state index contributed by atoms with van der Waals surface area (Å²) in [7, 11) is 4.40. The summed E-state index contributed by atoms with van der Waals surface area (Å²) in [5, 5.41) is 0. The number of hydrogen-bond donors (Lipinski definition) is 0. The number of aryl methyl sites for hydroxylation is 2. The standard InChI is InChI=1S/C9H18.C9H12.C8H17N.C7H16N2.2C7H15N/c2*1-3-9-6-4-8(2)5-7-9;1-3-8-4-6-9(2)7-5-8;1-3-9-6-4-8(2)5-7-9;2*1-2-8-6-4-3-5-7-8/h8-9H,3-7H2,1-2H3;4-7H,3H2,1-2H3;8H,3-7H2,1-2H3;3-7H2,1-2H3;2*2-7H2,1H3. The highest BCUT2D eigenvalue weighted by Gasteiger charge is 2.16. The predicted molar refractivity (Wildman–Crippen MR) is 234 cm³/mol.